The highest BCUT2D eigenvalue weighted by Gasteiger charge is 2.45. The number of hydrogen-bond donors (Lipinski definition) is 0. The van der Waals surface area contributed by atoms with E-state index in [1.807, 2.05) is 7.11 Å². The van der Waals surface area contributed by atoms with E-state index in [1.54, 1.807) is 0 Å². The normalized spacial score (nSPS) is 22.6. The average molecular weight is 367 g/mol. The fourth-order valence-corrected chi connectivity index (χ4v) is 5.02. The number of anilines is 2. The maximum Gasteiger partial charge on any atom is 0.210 e. The minimum absolute atomic E-state index is 0.116. The van der Waals surface area contributed by atoms with Crippen molar-refractivity contribution in [3.8, 4) is 0 Å². The molecule has 1 aliphatic rings. The molecule has 0 radical (unpaired) electrons. The molecule has 1 heterocycles. The molecule has 0 aliphatic carbocycles. The lowest BCUT2D eigenvalue weighted by Crippen LogP contribution is -2.43. The van der Waals surface area contributed by atoms with Crippen molar-refractivity contribution < 1.29 is 4.74 Å². The molecular weight excluding hydrogens is 332 g/mol. The first-order valence-electron chi connectivity index (χ1n) is 9.92. The van der Waals surface area contributed by atoms with Crippen LogP contribution in [0, 0.1) is 41.5 Å². The van der Waals surface area contributed by atoms with E-state index in [-0.39, 0.29) is 6.35 Å². The first kappa shape index (κ1) is 19.8. The van der Waals surface area contributed by atoms with Gasteiger partial charge in [0.05, 0.1) is 12.1 Å². The van der Waals surface area contributed by atoms with Gasteiger partial charge in [-0.2, -0.15) is 0 Å². The molecule has 2 unspecified atom stereocenters. The summed E-state index contributed by atoms with van der Waals surface area (Å²) in [7, 11) is 1.83. The standard InChI is InChI=1S/C24H34N2O/c1-14-10-16(3)22(17(4)11-14)25-20(7)21(8)26(24(25)27-9)23-18(5)12-15(2)13-19(23)6/h10-13,20-21,24H,1-9H3. The van der Waals surface area contributed by atoms with Crippen molar-refractivity contribution in [1.82, 2.24) is 0 Å². The molecule has 0 bridgehead atoms. The minimum Gasteiger partial charge on any atom is -0.344 e. The number of methoxy groups -OCH3 is 1. The van der Waals surface area contributed by atoms with Crippen LogP contribution in [0.3, 0.4) is 0 Å². The van der Waals surface area contributed by atoms with E-state index in [9.17, 15) is 0 Å². The molecule has 3 heteroatoms. The van der Waals surface area contributed by atoms with Crippen molar-refractivity contribution in [2.75, 3.05) is 16.9 Å². The van der Waals surface area contributed by atoms with Crippen LogP contribution in [0.1, 0.15) is 47.2 Å². The highest BCUT2D eigenvalue weighted by molar-refractivity contribution is 5.68. The summed E-state index contributed by atoms with van der Waals surface area (Å²) in [4.78, 5) is 4.93. The molecule has 2 aromatic carbocycles. The van der Waals surface area contributed by atoms with Gasteiger partial charge in [0.2, 0.25) is 6.35 Å². The number of aryl methyl sites for hydroxylation is 6. The second-order valence-corrected chi connectivity index (χ2v) is 8.35. The van der Waals surface area contributed by atoms with Gasteiger partial charge in [-0.15, -0.1) is 0 Å². The Morgan fingerprint density at radius 3 is 1.19 bits per heavy atom. The van der Waals surface area contributed by atoms with Gasteiger partial charge >= 0.3 is 0 Å². The topological polar surface area (TPSA) is 15.7 Å². The van der Waals surface area contributed by atoms with Crippen LogP contribution >= 0.6 is 0 Å². The molecule has 2 atom stereocenters. The van der Waals surface area contributed by atoms with E-state index in [0.29, 0.717) is 12.1 Å². The van der Waals surface area contributed by atoms with Crippen LogP contribution in [-0.2, 0) is 4.74 Å². The summed E-state index contributed by atoms with van der Waals surface area (Å²) < 4.78 is 6.12. The Hall–Kier alpha value is -2.00. The van der Waals surface area contributed by atoms with Gasteiger partial charge in [0.1, 0.15) is 0 Å². The van der Waals surface area contributed by atoms with Gasteiger partial charge in [-0.1, -0.05) is 35.4 Å². The van der Waals surface area contributed by atoms with Crippen molar-refractivity contribution in [3.05, 3.63) is 57.6 Å². The van der Waals surface area contributed by atoms with Gasteiger partial charge in [0, 0.05) is 18.5 Å². The zero-order chi connectivity index (χ0) is 20.0. The predicted octanol–water partition coefficient (Wildman–Crippen LogP) is 5.57. The first-order valence-corrected chi connectivity index (χ1v) is 9.92. The Labute approximate surface area is 164 Å². The maximum atomic E-state index is 6.12. The van der Waals surface area contributed by atoms with Crippen LogP contribution < -0.4 is 9.80 Å². The van der Waals surface area contributed by atoms with Crippen molar-refractivity contribution in [2.24, 2.45) is 0 Å². The third-order valence-electron chi connectivity index (χ3n) is 6.05. The van der Waals surface area contributed by atoms with Crippen molar-refractivity contribution >= 4 is 11.4 Å². The van der Waals surface area contributed by atoms with Crippen molar-refractivity contribution in [1.29, 1.82) is 0 Å². The van der Waals surface area contributed by atoms with E-state index in [1.165, 1.54) is 44.8 Å². The highest BCUT2D eigenvalue weighted by atomic mass is 16.5. The van der Waals surface area contributed by atoms with E-state index >= 15 is 0 Å². The molecule has 0 saturated carbocycles. The van der Waals surface area contributed by atoms with Crippen LogP contribution in [0.25, 0.3) is 0 Å². The summed E-state index contributed by atoms with van der Waals surface area (Å²) in [6.07, 6.45) is -0.116. The van der Waals surface area contributed by atoms with Crippen molar-refractivity contribution in [3.63, 3.8) is 0 Å². The molecule has 1 saturated heterocycles. The van der Waals surface area contributed by atoms with Gasteiger partial charge in [0.25, 0.3) is 0 Å². The molecule has 146 valence electrons. The van der Waals surface area contributed by atoms with Crippen molar-refractivity contribution in [2.45, 2.75) is 73.8 Å². The van der Waals surface area contributed by atoms with Gasteiger partial charge in [-0.3, -0.25) is 0 Å². The summed E-state index contributed by atoms with van der Waals surface area (Å²) in [5.74, 6) is 0. The molecule has 2 aromatic rings. The van der Waals surface area contributed by atoms with E-state index < -0.39 is 0 Å². The second kappa shape index (κ2) is 7.20. The van der Waals surface area contributed by atoms with E-state index in [0.717, 1.165) is 0 Å². The SMILES string of the molecule is COC1N(c2c(C)cc(C)cc2C)C(C)C(C)N1c1c(C)cc(C)cc1C. The summed E-state index contributed by atoms with van der Waals surface area (Å²) >= 11 is 0. The van der Waals surface area contributed by atoms with Crippen LogP contribution in [0.4, 0.5) is 11.4 Å². The molecule has 3 rings (SSSR count). The Balaban J connectivity index is 2.16. The second-order valence-electron chi connectivity index (χ2n) is 8.35. The molecule has 0 amide bonds. The quantitative estimate of drug-likeness (QED) is 0.706. The number of nitrogens with zero attached hydrogens (tertiary/aromatic N) is 2. The zero-order valence-electron chi connectivity index (χ0n) is 18.3. The molecule has 1 aliphatic heterocycles. The lowest BCUT2D eigenvalue weighted by molar-refractivity contribution is 0.110. The molecule has 27 heavy (non-hydrogen) atoms. The largest absolute Gasteiger partial charge is 0.344 e. The Morgan fingerprint density at radius 1 is 0.630 bits per heavy atom. The lowest BCUT2D eigenvalue weighted by Gasteiger charge is -2.36. The summed E-state index contributed by atoms with van der Waals surface area (Å²) in [6, 6.07) is 9.79. The Kier molecular flexibility index (Phi) is 5.27. The molecule has 0 N–H and O–H groups in total. The maximum absolute atomic E-state index is 6.12. The minimum atomic E-state index is -0.116. The van der Waals surface area contributed by atoms with Gasteiger partial charge < -0.3 is 14.5 Å². The number of benzene rings is 2. The summed E-state index contributed by atoms with van der Waals surface area (Å²) in [6.45, 7) is 17.8. The molecule has 0 spiro atoms. The summed E-state index contributed by atoms with van der Waals surface area (Å²) in [5.41, 5.74) is 10.5. The van der Waals surface area contributed by atoms with Gasteiger partial charge in [0.15, 0.2) is 0 Å². The average Bonchev–Trinajstić information content (AvgIpc) is 2.78. The number of ether oxygens (including phenoxy) is 1. The first-order chi connectivity index (χ1) is 12.7. The third-order valence-corrected chi connectivity index (χ3v) is 6.05. The Morgan fingerprint density at radius 2 is 0.926 bits per heavy atom. The fourth-order valence-electron chi connectivity index (χ4n) is 5.02. The number of rotatable bonds is 3. The predicted molar refractivity (Wildman–Crippen MR) is 116 cm³/mol. The summed E-state index contributed by atoms with van der Waals surface area (Å²) in [5, 5.41) is 0. The molecule has 3 nitrogen and oxygen atoms in total. The van der Waals surface area contributed by atoms with Crippen LogP contribution in [0.5, 0.6) is 0 Å². The zero-order valence-corrected chi connectivity index (χ0v) is 18.3. The third kappa shape index (κ3) is 3.23. The van der Waals surface area contributed by atoms with Gasteiger partial charge in [-0.05, 0) is 77.6 Å². The van der Waals surface area contributed by atoms with E-state index in [2.05, 4.69) is 89.5 Å². The molecular formula is C24H34N2O. The van der Waals surface area contributed by atoms with Gasteiger partial charge in [-0.25, -0.2) is 0 Å². The van der Waals surface area contributed by atoms with Crippen LogP contribution in [0.15, 0.2) is 24.3 Å². The Bertz CT molecular complexity index is 742. The van der Waals surface area contributed by atoms with Crippen LogP contribution in [0.2, 0.25) is 0 Å². The van der Waals surface area contributed by atoms with E-state index in [4.69, 9.17) is 4.74 Å². The highest BCUT2D eigenvalue weighted by Crippen LogP contribution is 2.41. The fraction of sp³-hybridized carbons (Fsp3) is 0.500. The smallest absolute Gasteiger partial charge is 0.210 e. The monoisotopic (exact) mass is 366 g/mol. The number of hydrogen-bond acceptors (Lipinski definition) is 3. The lowest BCUT2D eigenvalue weighted by atomic mass is 10.0. The molecule has 0 aromatic heterocycles. The van der Waals surface area contributed by atoms with Crippen LogP contribution in [-0.4, -0.2) is 25.5 Å². The molecule has 1 fully saturated rings.